The van der Waals surface area contributed by atoms with Crippen LogP contribution in [0.25, 0.3) is 0 Å². The van der Waals surface area contributed by atoms with Gasteiger partial charge in [-0.15, -0.1) is 0 Å². The normalized spacial score (nSPS) is 27.3. The molecular weight excluding hydrogens is 470 g/mol. The summed E-state index contributed by atoms with van der Waals surface area (Å²) in [5.41, 5.74) is 0.373. The molecule has 7 nitrogen and oxygen atoms in total. The lowest BCUT2D eigenvalue weighted by molar-refractivity contribution is -0.000371. The van der Waals surface area contributed by atoms with Crippen molar-refractivity contribution in [2.75, 3.05) is 20.1 Å². The Morgan fingerprint density at radius 1 is 0.763 bits per heavy atom. The van der Waals surface area contributed by atoms with Gasteiger partial charge in [-0.1, -0.05) is 26.7 Å². The van der Waals surface area contributed by atoms with E-state index >= 15 is 0 Å². The lowest BCUT2D eigenvalue weighted by atomic mass is 9.79. The van der Waals surface area contributed by atoms with E-state index in [1.165, 1.54) is 25.7 Å². The zero-order valence-corrected chi connectivity index (χ0v) is 27.0. The summed E-state index contributed by atoms with van der Waals surface area (Å²) in [6.07, 6.45) is 9.20. The molecule has 2 fully saturated rings. The lowest BCUT2D eigenvalue weighted by Gasteiger charge is -2.54. The van der Waals surface area contributed by atoms with Crippen LogP contribution in [-0.4, -0.2) is 87.2 Å². The molecule has 0 saturated carbocycles. The maximum Gasteiger partial charge on any atom is 0.205 e. The molecule has 7 heteroatoms. The summed E-state index contributed by atoms with van der Waals surface area (Å²) in [5, 5.41) is 7.78. The number of nitrogens with one attached hydrogen (secondary N) is 2. The molecule has 1 atom stereocenters. The monoisotopic (exact) mass is 531 g/mol. The Morgan fingerprint density at radius 3 is 1.68 bits per heavy atom. The molecule has 220 valence electrons. The molecule has 0 spiro atoms. The van der Waals surface area contributed by atoms with Crippen molar-refractivity contribution in [3.63, 3.8) is 0 Å². The molecule has 1 unspecified atom stereocenters. The first kappa shape index (κ1) is 31.3. The third kappa shape index (κ3) is 7.94. The Hall–Kier alpha value is -1.18. The van der Waals surface area contributed by atoms with E-state index in [2.05, 4.69) is 109 Å². The zero-order valence-electron chi connectivity index (χ0n) is 27.0. The maximum absolute atomic E-state index is 5.22. The Morgan fingerprint density at radius 2 is 1.21 bits per heavy atom. The Labute approximate surface area is 235 Å². The molecule has 2 saturated heterocycles. The second-order valence-corrected chi connectivity index (χ2v) is 15.1. The standard InChI is InChI=1S/C31H61N7/c1-13-15-17-37(24-19-28(4,5)34-29(6,7)20-24)26-32-23(3)33-27(36(26)12)38(18-16-14-2)25-21-30(8,9)35-31(10,11)22-25/h24-26,34-35H,13-22H2,1-12H3. The number of guanidine groups is 1. The van der Waals surface area contributed by atoms with Crippen molar-refractivity contribution >= 4 is 11.8 Å². The summed E-state index contributed by atoms with van der Waals surface area (Å²) < 4.78 is 0. The fourth-order valence-electron chi connectivity index (χ4n) is 7.77. The van der Waals surface area contributed by atoms with Crippen LogP contribution >= 0.6 is 0 Å². The summed E-state index contributed by atoms with van der Waals surface area (Å²) in [4.78, 5) is 18.1. The third-order valence-corrected chi connectivity index (χ3v) is 8.55. The number of unbranched alkanes of at least 4 members (excludes halogenated alkanes) is 2. The summed E-state index contributed by atoms with van der Waals surface area (Å²) in [7, 11) is 2.24. The van der Waals surface area contributed by atoms with Gasteiger partial charge in [-0.2, -0.15) is 0 Å². The average molecular weight is 532 g/mol. The van der Waals surface area contributed by atoms with Gasteiger partial charge in [-0.3, -0.25) is 4.90 Å². The van der Waals surface area contributed by atoms with Crippen molar-refractivity contribution in [2.45, 2.75) is 168 Å². The third-order valence-electron chi connectivity index (χ3n) is 8.55. The average Bonchev–Trinajstić information content (AvgIpc) is 2.72. The van der Waals surface area contributed by atoms with Gasteiger partial charge in [0.15, 0.2) is 6.29 Å². The fraction of sp³-hybridized carbons (Fsp3) is 0.935. The largest absolute Gasteiger partial charge is 0.339 e. The molecule has 0 bridgehead atoms. The van der Waals surface area contributed by atoms with Gasteiger partial charge in [0.25, 0.3) is 0 Å². The van der Waals surface area contributed by atoms with Gasteiger partial charge in [0.1, 0.15) is 5.84 Å². The van der Waals surface area contributed by atoms with Crippen LogP contribution in [0.15, 0.2) is 9.98 Å². The van der Waals surface area contributed by atoms with Gasteiger partial charge < -0.3 is 20.4 Å². The van der Waals surface area contributed by atoms with E-state index in [4.69, 9.17) is 9.98 Å². The highest BCUT2D eigenvalue weighted by atomic mass is 15.5. The molecule has 0 aromatic rings. The van der Waals surface area contributed by atoms with E-state index in [0.717, 1.165) is 50.6 Å². The molecule has 0 aromatic carbocycles. The van der Waals surface area contributed by atoms with Gasteiger partial charge in [0.2, 0.25) is 5.96 Å². The van der Waals surface area contributed by atoms with Gasteiger partial charge >= 0.3 is 0 Å². The quantitative estimate of drug-likeness (QED) is 0.393. The smallest absolute Gasteiger partial charge is 0.205 e. The van der Waals surface area contributed by atoms with Gasteiger partial charge in [0, 0.05) is 54.4 Å². The van der Waals surface area contributed by atoms with E-state index in [0.29, 0.717) is 12.1 Å². The van der Waals surface area contributed by atoms with Crippen LogP contribution in [0.5, 0.6) is 0 Å². The van der Waals surface area contributed by atoms with Crippen LogP contribution < -0.4 is 10.6 Å². The zero-order chi connectivity index (χ0) is 28.5. The molecule has 3 aliphatic heterocycles. The molecule has 38 heavy (non-hydrogen) atoms. The number of amidine groups is 1. The maximum atomic E-state index is 5.22. The summed E-state index contributed by atoms with van der Waals surface area (Å²) in [6.45, 7) is 27.7. The Bertz CT molecular complexity index is 824. The van der Waals surface area contributed by atoms with Crippen LogP contribution in [0.4, 0.5) is 0 Å². The van der Waals surface area contributed by atoms with Crippen LogP contribution in [0, 0.1) is 0 Å². The molecule has 3 heterocycles. The minimum Gasteiger partial charge on any atom is -0.339 e. The molecule has 0 aromatic heterocycles. The lowest BCUT2D eigenvalue weighted by Crippen LogP contribution is -2.67. The second-order valence-electron chi connectivity index (χ2n) is 15.1. The highest BCUT2D eigenvalue weighted by Crippen LogP contribution is 2.36. The first-order valence-corrected chi connectivity index (χ1v) is 15.5. The first-order chi connectivity index (χ1) is 17.5. The molecule has 3 aliphatic rings. The number of rotatable bonds is 9. The molecule has 2 N–H and O–H groups in total. The van der Waals surface area contributed by atoms with Gasteiger partial charge in [-0.25, -0.2) is 9.98 Å². The molecule has 0 radical (unpaired) electrons. The number of hydrogen-bond donors (Lipinski definition) is 2. The van der Waals surface area contributed by atoms with Crippen LogP contribution in [0.1, 0.15) is 128 Å². The van der Waals surface area contributed by atoms with E-state index in [1.54, 1.807) is 0 Å². The number of nitrogens with zero attached hydrogens (tertiary/aromatic N) is 5. The van der Waals surface area contributed by atoms with Crippen LogP contribution in [0.2, 0.25) is 0 Å². The van der Waals surface area contributed by atoms with Crippen molar-refractivity contribution in [3.05, 3.63) is 0 Å². The summed E-state index contributed by atoms with van der Waals surface area (Å²) in [5.74, 6) is 2.02. The van der Waals surface area contributed by atoms with E-state index in [9.17, 15) is 0 Å². The first-order valence-electron chi connectivity index (χ1n) is 15.5. The van der Waals surface area contributed by atoms with Crippen LogP contribution in [0.3, 0.4) is 0 Å². The van der Waals surface area contributed by atoms with E-state index in [1.807, 2.05) is 0 Å². The Kier molecular flexibility index (Phi) is 9.69. The van der Waals surface area contributed by atoms with Crippen molar-refractivity contribution in [1.82, 2.24) is 25.3 Å². The number of hydrogen-bond acceptors (Lipinski definition) is 7. The summed E-state index contributed by atoms with van der Waals surface area (Å²) >= 11 is 0. The molecule has 3 rings (SSSR count). The SMILES string of the molecule is CCCCN(C1=NC(C)=NC(N(CCCC)C2CC(C)(C)NC(C)(C)C2)N1C)C1CC(C)(C)NC(C)(C)C1. The van der Waals surface area contributed by atoms with Crippen molar-refractivity contribution in [1.29, 1.82) is 0 Å². The highest BCUT2D eigenvalue weighted by molar-refractivity contribution is 5.96. The van der Waals surface area contributed by atoms with Crippen LogP contribution in [-0.2, 0) is 0 Å². The molecular formula is C31H61N7. The minimum absolute atomic E-state index is 0.0180. The molecule has 0 aliphatic carbocycles. The Balaban J connectivity index is 1.97. The van der Waals surface area contributed by atoms with Crippen molar-refractivity contribution < 1.29 is 0 Å². The van der Waals surface area contributed by atoms with Crippen molar-refractivity contribution in [2.24, 2.45) is 9.98 Å². The highest BCUT2D eigenvalue weighted by Gasteiger charge is 2.45. The predicted molar refractivity (Wildman–Crippen MR) is 164 cm³/mol. The summed E-state index contributed by atoms with van der Waals surface area (Å²) in [6, 6.07) is 0.915. The number of aliphatic imine (C=N–C) groups is 2. The molecule has 0 amide bonds. The topological polar surface area (TPSA) is 58.5 Å². The fourth-order valence-corrected chi connectivity index (χ4v) is 7.77. The second kappa shape index (κ2) is 11.7. The van der Waals surface area contributed by atoms with E-state index in [-0.39, 0.29) is 28.4 Å². The number of piperidine rings is 2. The van der Waals surface area contributed by atoms with E-state index < -0.39 is 0 Å². The predicted octanol–water partition coefficient (Wildman–Crippen LogP) is 5.81. The minimum atomic E-state index is -0.0180. The van der Waals surface area contributed by atoms with Gasteiger partial charge in [-0.05, 0) is 101 Å². The van der Waals surface area contributed by atoms with Gasteiger partial charge in [0.05, 0.1) is 0 Å². The van der Waals surface area contributed by atoms with Crippen molar-refractivity contribution in [3.8, 4) is 0 Å².